The number of aromatic nitrogens is 2. The number of anilines is 1. The molecule has 4 aromatic carbocycles. The topological polar surface area (TPSA) is 102 Å². The first-order chi connectivity index (χ1) is 22.9. The van der Waals surface area contributed by atoms with Crippen LogP contribution in [0.1, 0.15) is 28.3 Å². The van der Waals surface area contributed by atoms with Crippen LogP contribution in [0.25, 0.3) is 6.08 Å². The molecule has 0 bridgehead atoms. The van der Waals surface area contributed by atoms with Crippen molar-refractivity contribution in [3.63, 3.8) is 0 Å². The van der Waals surface area contributed by atoms with Gasteiger partial charge in [0, 0.05) is 10.8 Å². The van der Waals surface area contributed by atoms with Crippen molar-refractivity contribution in [3.05, 3.63) is 148 Å². The Morgan fingerprint density at radius 2 is 1.70 bits per heavy atom. The fraction of sp³-hybridized carbons (Fsp3) is 0.111. The highest BCUT2D eigenvalue weighted by Crippen LogP contribution is 2.45. The van der Waals surface area contributed by atoms with E-state index in [2.05, 4.69) is 10.2 Å². The number of hydrogen-bond acceptors (Lipinski definition) is 9. The number of amides is 1. The number of ether oxygens (including phenoxy) is 2. The van der Waals surface area contributed by atoms with E-state index in [0.29, 0.717) is 38.8 Å². The van der Waals surface area contributed by atoms with Gasteiger partial charge >= 0.3 is 0 Å². The molecule has 0 fully saturated rings. The lowest BCUT2D eigenvalue weighted by molar-refractivity contribution is -0.117. The van der Waals surface area contributed by atoms with Crippen LogP contribution in [0, 0.1) is 0 Å². The van der Waals surface area contributed by atoms with Gasteiger partial charge in [-0.2, -0.15) is 0 Å². The highest BCUT2D eigenvalue weighted by molar-refractivity contribution is 8.00. The standard InChI is InChI=1S/C36H28ClN3O5S2/c1-44-30-20-25(17-19-29(30)45-21-24-12-6-3-7-13-24)32-31(28(41)18-16-23-10-4-2-5-11-23)33(42)34(43)40(32)35-38-39-36(47-35)46-22-26-14-8-9-15-27(26)37/h2-20,32,42H,21-22H2,1H3. The molecule has 6 rings (SSSR count). The monoisotopic (exact) mass is 681 g/mol. The first kappa shape index (κ1) is 32.1. The number of halogens is 1. The second-order valence-corrected chi connectivity index (χ2v) is 12.9. The third-order valence-corrected chi connectivity index (χ3v) is 9.83. The number of methoxy groups -OCH3 is 1. The minimum atomic E-state index is -1.01. The van der Waals surface area contributed by atoms with Gasteiger partial charge in [0.15, 0.2) is 27.4 Å². The van der Waals surface area contributed by atoms with Crippen molar-refractivity contribution < 1.29 is 24.2 Å². The molecule has 5 aromatic rings. The molecule has 0 aliphatic carbocycles. The van der Waals surface area contributed by atoms with Gasteiger partial charge in [0.25, 0.3) is 5.91 Å². The lowest BCUT2D eigenvalue weighted by Crippen LogP contribution is -2.30. The molecule has 1 aliphatic heterocycles. The van der Waals surface area contributed by atoms with E-state index in [-0.39, 0.29) is 10.7 Å². The second kappa shape index (κ2) is 14.7. The van der Waals surface area contributed by atoms with E-state index in [9.17, 15) is 14.7 Å². The molecule has 0 saturated heterocycles. The van der Waals surface area contributed by atoms with Crippen molar-refractivity contribution in [1.82, 2.24) is 10.2 Å². The predicted molar refractivity (Wildman–Crippen MR) is 185 cm³/mol. The zero-order chi connectivity index (χ0) is 32.8. The first-order valence-corrected chi connectivity index (χ1v) is 16.7. The van der Waals surface area contributed by atoms with E-state index in [1.54, 1.807) is 24.3 Å². The van der Waals surface area contributed by atoms with Crippen LogP contribution < -0.4 is 14.4 Å². The van der Waals surface area contributed by atoms with Crippen LogP contribution in [0.15, 0.2) is 125 Å². The Hall–Kier alpha value is -4.90. The quantitative estimate of drug-likeness (QED) is 0.0798. The molecule has 8 nitrogen and oxygen atoms in total. The molecule has 1 unspecified atom stereocenters. The normalized spacial score (nSPS) is 14.6. The van der Waals surface area contributed by atoms with Crippen LogP contribution in [0.2, 0.25) is 5.02 Å². The Labute approximate surface area is 285 Å². The van der Waals surface area contributed by atoms with E-state index in [4.69, 9.17) is 21.1 Å². The molecule has 11 heteroatoms. The molecule has 236 valence electrons. The van der Waals surface area contributed by atoms with Gasteiger partial charge in [0.2, 0.25) is 5.13 Å². The van der Waals surface area contributed by atoms with Crippen LogP contribution in [-0.2, 0) is 21.9 Å². The second-order valence-electron chi connectivity index (χ2n) is 10.4. The van der Waals surface area contributed by atoms with Crippen molar-refractivity contribution >= 4 is 57.6 Å². The number of thioether (sulfide) groups is 1. The predicted octanol–water partition coefficient (Wildman–Crippen LogP) is 8.25. The van der Waals surface area contributed by atoms with Crippen LogP contribution in [-0.4, -0.2) is 34.1 Å². The Morgan fingerprint density at radius 1 is 0.979 bits per heavy atom. The molecule has 47 heavy (non-hydrogen) atoms. The fourth-order valence-electron chi connectivity index (χ4n) is 5.02. The van der Waals surface area contributed by atoms with Crippen molar-refractivity contribution in [2.24, 2.45) is 0 Å². The highest BCUT2D eigenvalue weighted by atomic mass is 35.5. The van der Waals surface area contributed by atoms with Crippen molar-refractivity contribution in [3.8, 4) is 11.5 Å². The molecule has 1 aromatic heterocycles. The third kappa shape index (κ3) is 7.25. The summed E-state index contributed by atoms with van der Waals surface area (Å²) in [6.45, 7) is 0.318. The zero-order valence-electron chi connectivity index (χ0n) is 25.1. The number of benzene rings is 4. The largest absolute Gasteiger partial charge is 0.503 e. The maximum atomic E-state index is 13.7. The molecule has 1 amide bonds. The maximum absolute atomic E-state index is 13.7. The number of rotatable bonds is 12. The van der Waals surface area contributed by atoms with Gasteiger partial charge in [-0.3, -0.25) is 14.5 Å². The van der Waals surface area contributed by atoms with E-state index < -0.39 is 23.5 Å². The minimum Gasteiger partial charge on any atom is -0.503 e. The molecule has 1 N–H and O–H groups in total. The number of carbonyl (C=O) groups excluding carboxylic acids is 2. The van der Waals surface area contributed by atoms with E-state index >= 15 is 0 Å². The van der Waals surface area contributed by atoms with Gasteiger partial charge in [-0.15, -0.1) is 10.2 Å². The summed E-state index contributed by atoms with van der Waals surface area (Å²) >= 11 is 8.93. The number of carbonyl (C=O) groups is 2. The van der Waals surface area contributed by atoms with Crippen molar-refractivity contribution in [1.29, 1.82) is 0 Å². The van der Waals surface area contributed by atoms with Gasteiger partial charge < -0.3 is 14.6 Å². The van der Waals surface area contributed by atoms with Crippen molar-refractivity contribution in [2.45, 2.75) is 22.7 Å². The SMILES string of the molecule is COc1cc(C2C(C(=O)C=Cc3ccccc3)=C(O)C(=O)N2c2nnc(SCc3ccccc3Cl)s2)ccc1OCc1ccccc1. The third-order valence-electron chi connectivity index (χ3n) is 7.35. The van der Waals surface area contributed by atoms with E-state index in [0.717, 1.165) is 16.7 Å². The number of ketones is 1. The Balaban J connectivity index is 1.33. The number of aliphatic hydroxyl groups is 1. The molecule has 0 radical (unpaired) electrons. The van der Waals surface area contributed by atoms with Gasteiger partial charge in [-0.1, -0.05) is 126 Å². The van der Waals surface area contributed by atoms with Crippen LogP contribution in [0.3, 0.4) is 0 Å². The zero-order valence-corrected chi connectivity index (χ0v) is 27.5. The Kier molecular flexibility index (Phi) is 10.0. The smallest absolute Gasteiger partial charge is 0.296 e. The number of hydrogen-bond donors (Lipinski definition) is 1. The molecular formula is C36H28ClN3O5S2. The summed E-state index contributed by atoms with van der Waals surface area (Å²) in [6, 6.07) is 30.7. The lowest BCUT2D eigenvalue weighted by Gasteiger charge is -2.24. The van der Waals surface area contributed by atoms with Gasteiger partial charge in [-0.05, 0) is 46.5 Å². The average molecular weight is 682 g/mol. The molecule has 0 spiro atoms. The fourth-order valence-corrected chi connectivity index (χ4v) is 7.17. The maximum Gasteiger partial charge on any atom is 0.296 e. The van der Waals surface area contributed by atoms with Gasteiger partial charge in [0.1, 0.15) is 6.61 Å². The highest BCUT2D eigenvalue weighted by Gasteiger charge is 2.45. The van der Waals surface area contributed by atoms with E-state index in [1.807, 2.05) is 84.9 Å². The Bertz CT molecular complexity index is 1960. The summed E-state index contributed by atoms with van der Waals surface area (Å²) < 4.78 is 12.3. The molecule has 1 aliphatic rings. The number of allylic oxidation sites excluding steroid dienone is 1. The van der Waals surface area contributed by atoms with Crippen LogP contribution in [0.5, 0.6) is 11.5 Å². The van der Waals surface area contributed by atoms with Gasteiger partial charge in [-0.25, -0.2) is 0 Å². The number of nitrogens with zero attached hydrogens (tertiary/aromatic N) is 3. The molecule has 2 heterocycles. The summed E-state index contributed by atoms with van der Waals surface area (Å²) in [5, 5.41) is 20.6. The van der Waals surface area contributed by atoms with Crippen LogP contribution >= 0.6 is 34.7 Å². The number of aliphatic hydroxyl groups excluding tert-OH is 1. The van der Waals surface area contributed by atoms with Crippen molar-refractivity contribution in [2.75, 3.05) is 12.0 Å². The molecule has 1 atom stereocenters. The Morgan fingerprint density at radius 3 is 2.45 bits per heavy atom. The first-order valence-electron chi connectivity index (χ1n) is 14.5. The van der Waals surface area contributed by atoms with Crippen LogP contribution in [0.4, 0.5) is 5.13 Å². The van der Waals surface area contributed by atoms with E-state index in [1.165, 1.54) is 41.2 Å². The molecule has 0 saturated carbocycles. The summed E-state index contributed by atoms with van der Waals surface area (Å²) in [4.78, 5) is 28.7. The lowest BCUT2D eigenvalue weighted by atomic mass is 9.95. The average Bonchev–Trinajstić information content (AvgIpc) is 3.68. The molecular weight excluding hydrogens is 654 g/mol. The summed E-state index contributed by atoms with van der Waals surface area (Å²) in [5.41, 5.74) is 3.15. The summed E-state index contributed by atoms with van der Waals surface area (Å²) in [6.07, 6.45) is 2.99. The summed E-state index contributed by atoms with van der Waals surface area (Å²) in [7, 11) is 1.52. The minimum absolute atomic E-state index is 0.0809. The van der Waals surface area contributed by atoms with Gasteiger partial charge in [0.05, 0.1) is 18.7 Å². The summed E-state index contributed by atoms with van der Waals surface area (Å²) in [5.74, 6) is -0.499.